The molecule has 5 aliphatic heterocycles. The minimum atomic E-state index is -0.778. The number of hydrogen-bond acceptors (Lipinski definition) is 11. The molecular formula is C57H76N4O6S2. The molecule has 10 bridgehead atoms. The van der Waals surface area contributed by atoms with Crippen molar-refractivity contribution in [1.82, 2.24) is 10.2 Å². The second-order valence-corrected chi connectivity index (χ2v) is 26.1. The van der Waals surface area contributed by atoms with Crippen LogP contribution < -0.4 is 15.8 Å². The number of phenols is 1. The number of phenolic OH excluding ortho intramolecular Hbond substituents is 1. The first-order chi connectivity index (χ1) is 33.4. The number of ether oxygens (including phenoxy) is 2. The second kappa shape index (κ2) is 19.1. The van der Waals surface area contributed by atoms with Crippen LogP contribution >= 0.6 is 21.6 Å². The number of amides is 1. The van der Waals surface area contributed by atoms with Crippen LogP contribution in [0.3, 0.4) is 0 Å². The Balaban J connectivity index is 1.00. The Labute approximate surface area is 418 Å². The van der Waals surface area contributed by atoms with E-state index in [0.717, 1.165) is 120 Å². The van der Waals surface area contributed by atoms with Crippen molar-refractivity contribution in [2.75, 3.05) is 18.8 Å². The molecule has 10 aliphatic rings. The van der Waals surface area contributed by atoms with Gasteiger partial charge < -0.3 is 35.6 Å². The van der Waals surface area contributed by atoms with Gasteiger partial charge in [-0.1, -0.05) is 70.7 Å². The fourth-order valence-corrected chi connectivity index (χ4v) is 19.6. The third kappa shape index (κ3) is 8.76. The van der Waals surface area contributed by atoms with Gasteiger partial charge in [-0.05, 0) is 163 Å². The fraction of sp³-hybridized carbons (Fsp3) is 0.702. The minimum Gasteiger partial charge on any atom is -0.504 e. The van der Waals surface area contributed by atoms with Gasteiger partial charge in [0.2, 0.25) is 5.91 Å². The molecule has 12 rings (SSSR count). The van der Waals surface area contributed by atoms with Crippen molar-refractivity contribution in [2.24, 2.45) is 44.7 Å². The number of esters is 1. The van der Waals surface area contributed by atoms with Gasteiger partial charge in [0.05, 0.1) is 18.1 Å². The lowest BCUT2D eigenvalue weighted by Crippen LogP contribution is -2.56. The van der Waals surface area contributed by atoms with Crippen molar-refractivity contribution in [3.63, 3.8) is 0 Å². The van der Waals surface area contributed by atoms with Gasteiger partial charge in [0.15, 0.2) is 17.5 Å². The summed E-state index contributed by atoms with van der Waals surface area (Å²) in [5.41, 5.74) is 9.44. The second-order valence-electron chi connectivity index (χ2n) is 23.4. The number of nitrogens with zero attached hydrogens (tertiary/aromatic N) is 2. The number of benzene rings is 2. The lowest BCUT2D eigenvalue weighted by molar-refractivity contribution is -0.168. The highest BCUT2D eigenvalue weighted by Crippen LogP contribution is 2.67. The zero-order chi connectivity index (χ0) is 47.4. The van der Waals surface area contributed by atoms with Gasteiger partial charge in [0, 0.05) is 67.0 Å². The molecule has 2 aromatic carbocycles. The van der Waals surface area contributed by atoms with E-state index >= 15 is 4.79 Å². The summed E-state index contributed by atoms with van der Waals surface area (Å²) in [6, 6.07) is 12.9. The Bertz CT molecular complexity index is 2370. The molecule has 2 aromatic rings. The monoisotopic (exact) mass is 977 g/mol. The molecule has 5 saturated carbocycles. The summed E-state index contributed by atoms with van der Waals surface area (Å²) in [7, 11) is 4.02. The highest BCUT2D eigenvalue weighted by atomic mass is 33.1. The molecule has 372 valence electrons. The predicted octanol–water partition coefficient (Wildman–Crippen LogP) is 10.5. The van der Waals surface area contributed by atoms with Gasteiger partial charge in [0.25, 0.3) is 0 Å². The molecule has 6 fully saturated rings. The zero-order valence-corrected chi connectivity index (χ0v) is 42.7. The largest absolute Gasteiger partial charge is 0.504 e. The third-order valence-corrected chi connectivity index (χ3v) is 22.9. The van der Waals surface area contributed by atoms with Gasteiger partial charge in [-0.3, -0.25) is 14.6 Å². The summed E-state index contributed by atoms with van der Waals surface area (Å²) >= 11 is 0. The Morgan fingerprint density at radius 3 is 2.65 bits per heavy atom. The van der Waals surface area contributed by atoms with E-state index in [0.29, 0.717) is 67.9 Å². The summed E-state index contributed by atoms with van der Waals surface area (Å²) < 4.78 is 13.2. The highest BCUT2D eigenvalue weighted by molar-refractivity contribution is 8.77. The molecule has 1 amide bonds. The SMILES string of the molecule is CC(=O)OC12CCc3cc(c(O)c4c3CCC3CCCC3O4)CN3CC4(CC3=O)C(c3ccccc3)CCC43C#CCC4CCC5(CCCC5(NC(N)=NC3)SSCCCCCC(CC1)C(O)C2)C4. The summed E-state index contributed by atoms with van der Waals surface area (Å²) in [4.78, 5) is 35.0. The smallest absolute Gasteiger partial charge is 0.303 e. The number of nitrogens with two attached hydrogens (primary N) is 1. The Kier molecular flexibility index (Phi) is 13.3. The lowest BCUT2D eigenvalue weighted by Gasteiger charge is -2.45. The number of nitrogens with one attached hydrogen (secondary N) is 1. The van der Waals surface area contributed by atoms with E-state index in [-0.39, 0.29) is 52.4 Å². The van der Waals surface area contributed by atoms with Crippen molar-refractivity contribution < 1.29 is 29.3 Å². The zero-order valence-electron chi connectivity index (χ0n) is 41.0. The maximum Gasteiger partial charge on any atom is 0.303 e. The van der Waals surface area contributed by atoms with Crippen LogP contribution in [-0.2, 0) is 33.7 Å². The third-order valence-electron chi connectivity index (χ3n) is 19.6. The number of aliphatic imine (C=N–C) groups is 1. The Morgan fingerprint density at radius 2 is 1.80 bits per heavy atom. The first-order valence-corrected chi connectivity index (χ1v) is 29.4. The van der Waals surface area contributed by atoms with Gasteiger partial charge in [0.1, 0.15) is 16.6 Å². The molecule has 5 N–H and O–H groups in total. The van der Waals surface area contributed by atoms with Crippen LogP contribution in [0.5, 0.6) is 11.5 Å². The van der Waals surface area contributed by atoms with Crippen LogP contribution in [0.15, 0.2) is 41.4 Å². The normalized spacial score (nSPS) is 39.1. The van der Waals surface area contributed by atoms with Crippen LogP contribution in [-0.4, -0.2) is 74.5 Å². The van der Waals surface area contributed by atoms with Crippen LogP contribution in [0.1, 0.15) is 176 Å². The van der Waals surface area contributed by atoms with Crippen LogP contribution in [0.4, 0.5) is 0 Å². The summed E-state index contributed by atoms with van der Waals surface area (Å²) in [5.74, 6) is 11.1. The van der Waals surface area contributed by atoms with Gasteiger partial charge in [-0.15, -0.1) is 5.92 Å². The minimum absolute atomic E-state index is 0.0532. The number of aryl methyl sites for hydroxylation is 1. The number of guanidine groups is 1. The fourth-order valence-electron chi connectivity index (χ4n) is 16.0. The molecular weight excluding hydrogens is 901 g/mol. The number of aromatic hydroxyl groups is 1. The van der Waals surface area contributed by atoms with E-state index in [1.165, 1.54) is 38.2 Å². The van der Waals surface area contributed by atoms with Crippen LogP contribution in [0, 0.1) is 45.8 Å². The van der Waals surface area contributed by atoms with Crippen LogP contribution in [0.2, 0.25) is 0 Å². The quantitative estimate of drug-likeness (QED) is 0.130. The molecule has 5 heterocycles. The van der Waals surface area contributed by atoms with E-state index < -0.39 is 22.5 Å². The van der Waals surface area contributed by atoms with Gasteiger partial charge >= 0.3 is 5.97 Å². The number of aliphatic hydroxyl groups is 1. The first kappa shape index (κ1) is 47.8. The number of carbonyl (C=O) groups excluding carboxylic acids is 2. The average Bonchev–Trinajstić information content (AvgIpc) is 4.14. The standard InChI is InChI=1S/C57H76N4O6S2/c1-38(62)67-55-28-20-41(47(63)33-55)14-6-3-7-30-68-69-57-25-10-24-53(57)26-19-39(32-53)11-9-23-54(36-59-52(58)60-57)27-22-46(40-12-4-2-5-13-40)56(54)34-49(64)61(37-56)35-44-31-43(21-29-55)45-18-17-42-15-8-16-48(42)66-51(45)50(44)65/h2,4-5,12-13,31,39,41-42,46-48,63,65H,3,6-8,10-11,14-22,24-30,32-37H2,1H3,(H3,58,59,60). The van der Waals surface area contributed by atoms with Crippen molar-refractivity contribution >= 4 is 39.4 Å². The van der Waals surface area contributed by atoms with E-state index in [4.69, 9.17) is 20.2 Å². The number of hydrogen-bond donors (Lipinski definition) is 4. The van der Waals surface area contributed by atoms with Gasteiger partial charge in [-0.25, -0.2) is 0 Å². The van der Waals surface area contributed by atoms with E-state index in [1.54, 1.807) is 0 Å². The predicted molar refractivity (Wildman–Crippen MR) is 275 cm³/mol. The summed E-state index contributed by atoms with van der Waals surface area (Å²) in [5, 5.41) is 28.2. The highest BCUT2D eigenvalue weighted by Gasteiger charge is 2.65. The van der Waals surface area contributed by atoms with E-state index in [1.807, 2.05) is 26.5 Å². The molecule has 12 heteroatoms. The molecule has 11 atom stereocenters. The molecule has 0 radical (unpaired) electrons. The molecule has 4 spiro atoms. The van der Waals surface area contributed by atoms with Crippen molar-refractivity contribution in [1.29, 1.82) is 0 Å². The molecule has 0 aromatic heterocycles. The number of fused-ring (bicyclic) bond motifs is 12. The number of carbonyl (C=O) groups is 2. The molecule has 5 aliphatic carbocycles. The lowest BCUT2D eigenvalue weighted by atomic mass is 9.60. The van der Waals surface area contributed by atoms with Crippen molar-refractivity contribution in [3.05, 3.63) is 58.7 Å². The van der Waals surface area contributed by atoms with Gasteiger partial charge in [-0.2, -0.15) is 0 Å². The van der Waals surface area contributed by atoms with E-state index in [9.17, 15) is 15.0 Å². The topological polar surface area (TPSA) is 147 Å². The molecule has 1 saturated heterocycles. The summed E-state index contributed by atoms with van der Waals surface area (Å²) in [6.45, 7) is 2.67. The molecule has 69 heavy (non-hydrogen) atoms. The Hall–Kier alpha value is -3.53. The maximum absolute atomic E-state index is 15.0. The van der Waals surface area contributed by atoms with Crippen molar-refractivity contribution in [2.45, 2.75) is 196 Å². The maximum atomic E-state index is 15.0. The van der Waals surface area contributed by atoms with Crippen LogP contribution in [0.25, 0.3) is 0 Å². The number of rotatable bonds is 2. The molecule has 10 nitrogen and oxygen atoms in total. The number of aliphatic hydroxyl groups excluding tert-OH is 1. The first-order valence-electron chi connectivity index (χ1n) is 27.1. The van der Waals surface area contributed by atoms with E-state index in [2.05, 4.69) is 53.6 Å². The summed E-state index contributed by atoms with van der Waals surface area (Å²) in [6.07, 6.45) is 21.8. The Morgan fingerprint density at radius 1 is 0.928 bits per heavy atom. The van der Waals surface area contributed by atoms with Crippen molar-refractivity contribution in [3.8, 4) is 23.3 Å². The average molecular weight is 977 g/mol. The molecule has 11 unspecified atom stereocenters.